The molecule has 0 unspecified atom stereocenters. The van der Waals surface area contributed by atoms with Gasteiger partial charge in [-0.05, 0) is 12.1 Å². The van der Waals surface area contributed by atoms with Crippen molar-refractivity contribution in [2.24, 2.45) is 5.73 Å². The van der Waals surface area contributed by atoms with Gasteiger partial charge in [0.15, 0.2) is 0 Å². The molecule has 15 heavy (non-hydrogen) atoms. The molecule has 0 heterocycles. The van der Waals surface area contributed by atoms with Gasteiger partial charge in [-0.15, -0.1) is 24.8 Å². The molecule has 0 atom stereocenters. The molecule has 0 aromatic heterocycles. The molecule has 0 spiro atoms. The number of halogens is 2. The molecule has 86 valence electrons. The largest absolute Gasteiger partial charge is 0.384 e. The van der Waals surface area contributed by atoms with Crippen LogP contribution in [0.1, 0.15) is 0 Å². The summed E-state index contributed by atoms with van der Waals surface area (Å²) in [6.45, 7) is 1.20. The maximum absolute atomic E-state index is 10.3. The van der Waals surface area contributed by atoms with E-state index in [-0.39, 0.29) is 30.5 Å². The Bertz CT molecular complexity index is 292. The van der Waals surface area contributed by atoms with Crippen LogP contribution in [0.3, 0.4) is 0 Å². The fourth-order valence-electron chi connectivity index (χ4n) is 0.918. The average Bonchev–Trinajstić information content (AvgIpc) is 2.15. The van der Waals surface area contributed by atoms with Gasteiger partial charge in [0.2, 0.25) is 0 Å². The molecule has 0 saturated carbocycles. The van der Waals surface area contributed by atoms with Gasteiger partial charge >= 0.3 is 0 Å². The summed E-state index contributed by atoms with van der Waals surface area (Å²) >= 11 is 0. The normalized spacial score (nSPS) is 8.33. The predicted octanol–water partition coefficient (Wildman–Crippen LogP) is 1.81. The van der Waals surface area contributed by atoms with Gasteiger partial charge in [-0.25, -0.2) is 0 Å². The highest BCUT2D eigenvalue weighted by Crippen LogP contribution is 2.14. The number of hydrogen-bond acceptors (Lipinski definition) is 4. The van der Waals surface area contributed by atoms with Crippen molar-refractivity contribution in [1.82, 2.24) is 0 Å². The Hall–Kier alpha value is -1.04. The summed E-state index contributed by atoms with van der Waals surface area (Å²) in [6, 6.07) is 6.24. The van der Waals surface area contributed by atoms with Crippen molar-refractivity contribution < 1.29 is 4.92 Å². The lowest BCUT2D eigenvalue weighted by molar-refractivity contribution is -0.384. The lowest BCUT2D eigenvalue weighted by Gasteiger charge is -2.02. The second-order valence-corrected chi connectivity index (χ2v) is 2.52. The summed E-state index contributed by atoms with van der Waals surface area (Å²) in [5, 5.41) is 13.3. The van der Waals surface area contributed by atoms with Crippen molar-refractivity contribution in [3.05, 3.63) is 34.4 Å². The van der Waals surface area contributed by atoms with Gasteiger partial charge in [-0.3, -0.25) is 10.1 Å². The molecule has 1 rings (SSSR count). The maximum atomic E-state index is 10.3. The van der Waals surface area contributed by atoms with E-state index in [1.807, 2.05) is 0 Å². The van der Waals surface area contributed by atoms with Crippen LogP contribution in [0.4, 0.5) is 11.4 Å². The standard InChI is InChI=1S/C8H11N3O2.2ClH/c9-5-6-10-7-1-3-8(4-2-7)11(12)13;;/h1-4,10H,5-6,9H2;2*1H. The van der Waals surface area contributed by atoms with Crippen LogP contribution in [0.5, 0.6) is 0 Å². The Morgan fingerprint density at radius 2 is 1.80 bits per heavy atom. The number of rotatable bonds is 4. The van der Waals surface area contributed by atoms with Crippen LogP contribution in [0.25, 0.3) is 0 Å². The number of non-ortho nitro benzene ring substituents is 1. The van der Waals surface area contributed by atoms with Crippen LogP contribution >= 0.6 is 24.8 Å². The number of anilines is 1. The highest BCUT2D eigenvalue weighted by atomic mass is 35.5. The third-order valence-corrected chi connectivity index (χ3v) is 1.55. The summed E-state index contributed by atoms with van der Waals surface area (Å²) in [4.78, 5) is 9.87. The van der Waals surface area contributed by atoms with Gasteiger partial charge in [0.1, 0.15) is 0 Å². The highest BCUT2D eigenvalue weighted by molar-refractivity contribution is 5.85. The van der Waals surface area contributed by atoms with E-state index in [1.165, 1.54) is 12.1 Å². The van der Waals surface area contributed by atoms with Gasteiger partial charge in [-0.2, -0.15) is 0 Å². The van der Waals surface area contributed by atoms with E-state index in [0.29, 0.717) is 13.1 Å². The summed E-state index contributed by atoms with van der Waals surface area (Å²) in [5.74, 6) is 0. The zero-order chi connectivity index (χ0) is 9.68. The molecule has 5 nitrogen and oxygen atoms in total. The number of hydrogen-bond donors (Lipinski definition) is 2. The highest BCUT2D eigenvalue weighted by Gasteiger charge is 2.02. The molecule has 0 saturated heterocycles. The second kappa shape index (κ2) is 8.28. The van der Waals surface area contributed by atoms with Gasteiger partial charge < -0.3 is 11.1 Å². The Morgan fingerprint density at radius 1 is 1.27 bits per heavy atom. The van der Waals surface area contributed by atoms with Crippen molar-refractivity contribution in [3.63, 3.8) is 0 Å². The van der Waals surface area contributed by atoms with Crippen molar-refractivity contribution in [2.45, 2.75) is 0 Å². The van der Waals surface area contributed by atoms with Crippen LogP contribution in [0.2, 0.25) is 0 Å². The molecule has 0 aliphatic rings. The summed E-state index contributed by atoms with van der Waals surface area (Å²) in [7, 11) is 0. The number of nitrogens with two attached hydrogens (primary N) is 1. The summed E-state index contributed by atoms with van der Waals surface area (Å²) < 4.78 is 0. The fourth-order valence-corrected chi connectivity index (χ4v) is 0.918. The number of nitrogens with zero attached hydrogens (tertiary/aromatic N) is 1. The van der Waals surface area contributed by atoms with Gasteiger partial charge in [0, 0.05) is 30.9 Å². The number of nitrogens with one attached hydrogen (secondary N) is 1. The molecule has 0 fully saturated rings. The van der Waals surface area contributed by atoms with Crippen LogP contribution in [-0.2, 0) is 0 Å². The van der Waals surface area contributed by atoms with Crippen molar-refractivity contribution >= 4 is 36.2 Å². The van der Waals surface area contributed by atoms with Crippen LogP contribution in [-0.4, -0.2) is 18.0 Å². The van der Waals surface area contributed by atoms with Crippen molar-refractivity contribution in [3.8, 4) is 0 Å². The minimum Gasteiger partial charge on any atom is -0.384 e. The number of nitro benzene ring substituents is 1. The van der Waals surface area contributed by atoms with Crippen LogP contribution in [0.15, 0.2) is 24.3 Å². The molecule has 0 bridgehead atoms. The van der Waals surface area contributed by atoms with Crippen molar-refractivity contribution in [2.75, 3.05) is 18.4 Å². The van der Waals surface area contributed by atoms with E-state index in [2.05, 4.69) is 5.32 Å². The number of benzene rings is 1. The average molecular weight is 254 g/mol. The minimum absolute atomic E-state index is 0. The minimum atomic E-state index is -0.424. The third-order valence-electron chi connectivity index (χ3n) is 1.55. The maximum Gasteiger partial charge on any atom is 0.269 e. The fraction of sp³-hybridized carbons (Fsp3) is 0.250. The molecule has 7 heteroatoms. The summed E-state index contributed by atoms with van der Waals surface area (Å²) in [6.07, 6.45) is 0. The zero-order valence-corrected chi connectivity index (χ0v) is 9.51. The Labute approximate surface area is 100 Å². The van der Waals surface area contributed by atoms with Crippen molar-refractivity contribution in [1.29, 1.82) is 0 Å². The molecule has 1 aromatic rings. The Balaban J connectivity index is 0. The molecule has 0 aliphatic carbocycles. The monoisotopic (exact) mass is 253 g/mol. The van der Waals surface area contributed by atoms with E-state index in [9.17, 15) is 10.1 Å². The predicted molar refractivity (Wildman–Crippen MR) is 65.1 cm³/mol. The smallest absolute Gasteiger partial charge is 0.269 e. The molecule has 0 amide bonds. The van der Waals surface area contributed by atoms with Crippen LogP contribution < -0.4 is 11.1 Å². The first-order valence-electron chi connectivity index (χ1n) is 3.92. The molecule has 0 radical (unpaired) electrons. The topological polar surface area (TPSA) is 81.2 Å². The summed E-state index contributed by atoms with van der Waals surface area (Å²) in [5.41, 5.74) is 6.22. The van der Waals surface area contributed by atoms with Gasteiger partial charge in [-0.1, -0.05) is 0 Å². The SMILES string of the molecule is Cl.Cl.NCCNc1ccc([N+](=O)[O-])cc1. The van der Waals surface area contributed by atoms with Gasteiger partial charge in [0.25, 0.3) is 5.69 Å². The quantitative estimate of drug-likeness (QED) is 0.634. The Kier molecular flexibility index (Phi) is 9.05. The lowest BCUT2D eigenvalue weighted by atomic mass is 10.3. The molecule has 1 aromatic carbocycles. The van der Waals surface area contributed by atoms with E-state index in [4.69, 9.17) is 5.73 Å². The third kappa shape index (κ3) is 5.41. The van der Waals surface area contributed by atoms with E-state index in [0.717, 1.165) is 5.69 Å². The Morgan fingerprint density at radius 3 is 2.20 bits per heavy atom. The first kappa shape index (κ1) is 16.4. The molecule has 3 N–H and O–H groups in total. The lowest BCUT2D eigenvalue weighted by Crippen LogP contribution is -2.12. The zero-order valence-electron chi connectivity index (χ0n) is 7.88. The first-order chi connectivity index (χ1) is 6.24. The molecule has 0 aliphatic heterocycles. The van der Waals surface area contributed by atoms with E-state index < -0.39 is 4.92 Å². The van der Waals surface area contributed by atoms with Gasteiger partial charge in [0.05, 0.1) is 4.92 Å². The molecular formula is C8H13Cl2N3O2. The van der Waals surface area contributed by atoms with Crippen LogP contribution in [0, 0.1) is 10.1 Å². The van der Waals surface area contributed by atoms with E-state index >= 15 is 0 Å². The number of nitro groups is 1. The molecular weight excluding hydrogens is 241 g/mol. The second-order valence-electron chi connectivity index (χ2n) is 2.52. The first-order valence-corrected chi connectivity index (χ1v) is 3.92. The van der Waals surface area contributed by atoms with E-state index in [1.54, 1.807) is 12.1 Å².